The molecule has 0 aromatic heterocycles. The fourth-order valence-corrected chi connectivity index (χ4v) is 0.907. The third-order valence-corrected chi connectivity index (χ3v) is 1.86. The third kappa shape index (κ3) is 6.69. The molecule has 0 bridgehead atoms. The summed E-state index contributed by atoms with van der Waals surface area (Å²) in [5.74, 6) is -0.879. The molecule has 0 saturated carbocycles. The lowest BCUT2D eigenvalue weighted by atomic mass is 10.2. The number of carbonyl (C=O) groups is 1. The van der Waals surface area contributed by atoms with E-state index in [1.54, 1.807) is 30.3 Å². The van der Waals surface area contributed by atoms with E-state index in [0.717, 1.165) is 0 Å². The Labute approximate surface area is 101 Å². The van der Waals surface area contributed by atoms with Gasteiger partial charge in [0, 0.05) is 18.9 Å². The quantitative estimate of drug-likeness (QED) is 0.504. The van der Waals surface area contributed by atoms with Crippen LogP contribution in [-0.4, -0.2) is 19.5 Å². The fraction of sp³-hybridized carbons (Fsp3) is 0. The van der Waals surface area contributed by atoms with Gasteiger partial charge in [-0.15, -0.1) is 0 Å². The molecule has 0 atom stereocenters. The number of rotatable bonds is 3. The molecule has 0 fully saturated rings. The van der Waals surface area contributed by atoms with E-state index in [1.165, 1.54) is 0 Å². The second-order valence-electron chi connectivity index (χ2n) is 2.46. The number of aromatic carboxylic acids is 1. The molecule has 0 saturated heterocycles. The highest BCUT2D eigenvalue weighted by Gasteiger charge is 1.99. The first-order chi connectivity index (χ1) is 8.43. The zero-order valence-electron chi connectivity index (χ0n) is 8.65. The van der Waals surface area contributed by atoms with Crippen molar-refractivity contribution in [3.8, 4) is 0 Å². The molecule has 94 valence electrons. The minimum atomic E-state index is -4.27. The second-order valence-corrected chi connectivity index (χ2v) is 3.68. The molecule has 0 aliphatic rings. The maximum absolute atomic E-state index is 10.2. The largest absolute Gasteiger partial charge is 0.478 e. The summed E-state index contributed by atoms with van der Waals surface area (Å²) in [6.07, 6.45) is 0. The molecule has 0 aliphatic heterocycles. The smallest absolute Gasteiger partial charge is 0.335 e. The summed E-state index contributed by atoms with van der Waals surface area (Å²) >= 11 is 0. The Hall–Kier alpha value is -2.74. The molecule has 1 N–H and O–H groups in total. The lowest BCUT2D eigenvalue weighted by Crippen LogP contribution is -1.93. The number of benzene rings is 1. The molecule has 1 rings (SSSR count). The van der Waals surface area contributed by atoms with Crippen LogP contribution in [0.1, 0.15) is 10.4 Å². The first-order valence-electron chi connectivity index (χ1n) is 4.09. The van der Waals surface area contributed by atoms with Crippen LogP contribution < -0.4 is 0 Å². The van der Waals surface area contributed by atoms with Crippen LogP contribution in [0.15, 0.2) is 39.4 Å². The highest BCUT2D eigenvalue weighted by atomic mass is 32.2. The molecule has 18 heavy (non-hydrogen) atoms. The van der Waals surface area contributed by atoms with Crippen molar-refractivity contribution >= 4 is 16.2 Å². The van der Waals surface area contributed by atoms with Gasteiger partial charge in [0.2, 0.25) is 0 Å². The van der Waals surface area contributed by atoms with Crippen LogP contribution in [0.2, 0.25) is 0 Å². The summed E-state index contributed by atoms with van der Waals surface area (Å²) in [6.45, 7) is 0. The van der Waals surface area contributed by atoms with E-state index in [0.29, 0.717) is 5.56 Å². The van der Waals surface area contributed by atoms with Gasteiger partial charge in [-0.2, -0.15) is 0 Å². The van der Waals surface area contributed by atoms with Crippen molar-refractivity contribution in [1.29, 1.82) is 0 Å². The topological polar surface area (TPSA) is 169 Å². The average molecular weight is 270 g/mol. The van der Waals surface area contributed by atoms with E-state index in [-0.39, 0.29) is 0 Å². The lowest BCUT2D eigenvalue weighted by Gasteiger charge is -1.88. The SMILES string of the molecule is O=C(O)c1ccccc1.[N-]=[N+]=NS(=O)(=O)N=[N+]=[N-]. The Morgan fingerprint density at radius 1 is 1.11 bits per heavy atom. The van der Waals surface area contributed by atoms with Crippen LogP contribution in [-0.2, 0) is 10.2 Å². The van der Waals surface area contributed by atoms with Gasteiger partial charge in [0.1, 0.15) is 0 Å². The first kappa shape index (κ1) is 15.3. The molecule has 0 heterocycles. The number of hydrogen-bond donors (Lipinski definition) is 1. The predicted molar refractivity (Wildman–Crippen MR) is 60.6 cm³/mol. The highest BCUT2D eigenvalue weighted by Crippen LogP contribution is 1.96. The summed E-state index contributed by atoms with van der Waals surface area (Å²) < 4.78 is 24.3. The maximum atomic E-state index is 10.2. The summed E-state index contributed by atoms with van der Waals surface area (Å²) in [6, 6.07) is 8.30. The average Bonchev–Trinajstić information content (AvgIpc) is 2.30. The summed E-state index contributed by atoms with van der Waals surface area (Å²) in [4.78, 5) is 14.0. The molecule has 1 aromatic rings. The Kier molecular flexibility index (Phi) is 6.38. The van der Waals surface area contributed by atoms with Gasteiger partial charge >= 0.3 is 16.2 Å². The number of carboxylic acid groups (broad SMARTS) is 1. The number of carboxylic acids is 1. The summed E-state index contributed by atoms with van der Waals surface area (Å²) in [7, 11) is -4.27. The molecule has 0 spiro atoms. The second kappa shape index (κ2) is 7.52. The van der Waals surface area contributed by atoms with Crippen LogP contribution in [0, 0.1) is 0 Å². The standard InChI is InChI=1S/C7H6O2.N6O2S/c8-7(9)6-4-2-1-3-5-6;1-3-5-9(7,8)6-4-2/h1-5H,(H,8,9);. The van der Waals surface area contributed by atoms with Crippen LogP contribution >= 0.6 is 0 Å². The van der Waals surface area contributed by atoms with Crippen molar-refractivity contribution in [2.75, 3.05) is 0 Å². The van der Waals surface area contributed by atoms with Crippen molar-refractivity contribution in [3.05, 3.63) is 56.8 Å². The minimum Gasteiger partial charge on any atom is -0.478 e. The zero-order valence-corrected chi connectivity index (χ0v) is 9.47. The normalized spacial score (nSPS) is 8.89. The number of hydrogen-bond acceptors (Lipinski definition) is 3. The van der Waals surface area contributed by atoms with Gasteiger partial charge in [0.15, 0.2) is 0 Å². The van der Waals surface area contributed by atoms with Gasteiger partial charge in [-0.05, 0) is 23.2 Å². The Bertz CT molecular complexity index is 576. The van der Waals surface area contributed by atoms with Crippen molar-refractivity contribution in [1.82, 2.24) is 0 Å². The van der Waals surface area contributed by atoms with Crippen molar-refractivity contribution in [2.45, 2.75) is 0 Å². The van der Waals surface area contributed by atoms with Crippen molar-refractivity contribution in [2.24, 2.45) is 9.04 Å². The van der Waals surface area contributed by atoms with E-state index in [4.69, 9.17) is 16.2 Å². The Balaban J connectivity index is 0.000000321. The minimum absolute atomic E-state index is 0.331. The first-order valence-corrected chi connectivity index (χ1v) is 5.48. The predicted octanol–water partition coefficient (Wildman–Crippen LogP) is 2.24. The van der Waals surface area contributed by atoms with Gasteiger partial charge in [0.05, 0.1) is 5.56 Å². The molecule has 0 amide bonds. The molecule has 1 aromatic carbocycles. The van der Waals surface area contributed by atoms with Gasteiger partial charge in [0.25, 0.3) is 0 Å². The molecule has 11 heteroatoms. The molecule has 0 radical (unpaired) electrons. The Morgan fingerprint density at radius 3 is 1.83 bits per heavy atom. The van der Waals surface area contributed by atoms with Gasteiger partial charge < -0.3 is 5.11 Å². The number of nitrogens with zero attached hydrogens (tertiary/aromatic N) is 6. The van der Waals surface area contributed by atoms with E-state index < -0.39 is 16.2 Å². The molecular weight excluding hydrogens is 264 g/mol. The lowest BCUT2D eigenvalue weighted by molar-refractivity contribution is 0.0697. The van der Waals surface area contributed by atoms with Gasteiger partial charge in [-0.1, -0.05) is 18.2 Å². The fourth-order valence-electron chi connectivity index (χ4n) is 0.689. The van der Waals surface area contributed by atoms with Crippen LogP contribution in [0.5, 0.6) is 0 Å². The van der Waals surface area contributed by atoms with Gasteiger partial charge in [-0.3, -0.25) is 0 Å². The van der Waals surface area contributed by atoms with Crippen molar-refractivity contribution in [3.63, 3.8) is 0 Å². The van der Waals surface area contributed by atoms with Crippen molar-refractivity contribution < 1.29 is 18.3 Å². The highest BCUT2D eigenvalue weighted by molar-refractivity contribution is 7.88. The van der Waals surface area contributed by atoms with Crippen LogP contribution in [0.3, 0.4) is 0 Å². The molecule has 0 unspecified atom stereocenters. The van der Waals surface area contributed by atoms with Crippen LogP contribution in [0.4, 0.5) is 0 Å². The Morgan fingerprint density at radius 2 is 1.56 bits per heavy atom. The number of azide groups is 1. The molecular formula is C7H6N6O4S. The van der Waals surface area contributed by atoms with E-state index in [9.17, 15) is 13.2 Å². The monoisotopic (exact) mass is 270 g/mol. The van der Waals surface area contributed by atoms with Gasteiger partial charge in [-0.25, -0.2) is 13.2 Å². The zero-order chi connectivity index (χ0) is 14.0. The molecule has 10 nitrogen and oxygen atoms in total. The summed E-state index contributed by atoms with van der Waals surface area (Å²) in [5, 5.41) is 8.38. The van der Waals surface area contributed by atoms with E-state index in [2.05, 4.69) is 9.04 Å². The van der Waals surface area contributed by atoms with Crippen LogP contribution in [0.25, 0.3) is 20.9 Å². The molecule has 0 aliphatic carbocycles. The van der Waals surface area contributed by atoms with E-state index in [1.807, 2.05) is 9.82 Å². The maximum Gasteiger partial charge on any atom is 0.335 e. The third-order valence-electron chi connectivity index (χ3n) is 1.30. The summed E-state index contributed by atoms with van der Waals surface area (Å²) in [5.41, 5.74) is 15.4. The van der Waals surface area contributed by atoms with E-state index >= 15 is 0 Å².